The summed E-state index contributed by atoms with van der Waals surface area (Å²) < 4.78 is 18.9. The highest BCUT2D eigenvalue weighted by Gasteiger charge is 2.36. The highest BCUT2D eigenvalue weighted by molar-refractivity contribution is 6.30. The molecule has 2 aromatic rings. The lowest BCUT2D eigenvalue weighted by molar-refractivity contribution is -0.139. The minimum Gasteiger partial charge on any atom is -0.366 e. The molecule has 1 aliphatic heterocycles. The first-order valence-corrected chi connectivity index (χ1v) is 9.19. The minimum absolute atomic E-state index is 0.0126. The van der Waals surface area contributed by atoms with Crippen LogP contribution in [0.2, 0.25) is 5.02 Å². The van der Waals surface area contributed by atoms with Crippen molar-refractivity contribution >= 4 is 35.2 Å². The van der Waals surface area contributed by atoms with E-state index in [0.29, 0.717) is 16.1 Å². The molecule has 2 aromatic carbocycles. The van der Waals surface area contributed by atoms with Gasteiger partial charge < -0.3 is 4.74 Å². The summed E-state index contributed by atoms with van der Waals surface area (Å²) in [6.45, 7) is 1.77. The van der Waals surface area contributed by atoms with Gasteiger partial charge in [0.15, 0.2) is 6.10 Å². The minimum atomic E-state index is -1.13. The van der Waals surface area contributed by atoms with Crippen LogP contribution in [-0.4, -0.2) is 42.3 Å². The molecule has 7 heteroatoms. The third kappa shape index (κ3) is 4.51. The van der Waals surface area contributed by atoms with Gasteiger partial charge >= 0.3 is 0 Å². The van der Waals surface area contributed by atoms with E-state index in [1.54, 1.807) is 37.1 Å². The lowest BCUT2D eigenvalue weighted by atomic mass is 9.96. The fraction of sp³-hybridized carbons (Fsp3) is 0.182. The first-order chi connectivity index (χ1) is 13.9. The van der Waals surface area contributed by atoms with Crippen LogP contribution in [0.1, 0.15) is 16.7 Å². The molecule has 0 bridgehead atoms. The molecular weight excluding hydrogens is 395 g/mol. The number of rotatable bonds is 5. The zero-order chi connectivity index (χ0) is 21.0. The molecular formula is C22H18ClFN2O3. The molecule has 0 fully saturated rings. The average Bonchev–Trinajstić information content (AvgIpc) is 2.72. The van der Waals surface area contributed by atoms with Crippen LogP contribution >= 0.6 is 11.6 Å². The van der Waals surface area contributed by atoms with E-state index in [4.69, 9.17) is 16.3 Å². The Kier molecular flexibility index (Phi) is 6.39. The maximum Gasteiger partial charge on any atom is 0.277 e. The second-order valence-electron chi connectivity index (χ2n) is 6.42. The van der Waals surface area contributed by atoms with Gasteiger partial charge in [-0.25, -0.2) is 14.2 Å². The van der Waals surface area contributed by atoms with E-state index in [1.807, 2.05) is 18.2 Å². The molecule has 148 valence electrons. The van der Waals surface area contributed by atoms with Gasteiger partial charge in [0.25, 0.3) is 5.91 Å². The van der Waals surface area contributed by atoms with Crippen molar-refractivity contribution in [2.75, 3.05) is 13.7 Å². The molecule has 3 rings (SSSR count). The van der Waals surface area contributed by atoms with E-state index in [0.717, 1.165) is 5.56 Å². The van der Waals surface area contributed by atoms with Crippen molar-refractivity contribution in [2.45, 2.75) is 13.0 Å². The Morgan fingerprint density at radius 2 is 2.00 bits per heavy atom. The molecule has 1 unspecified atom stereocenters. The largest absolute Gasteiger partial charge is 0.366 e. The Morgan fingerprint density at radius 3 is 2.62 bits per heavy atom. The zero-order valence-electron chi connectivity index (χ0n) is 15.9. The maximum atomic E-state index is 13.6. The molecule has 1 atom stereocenters. The molecule has 29 heavy (non-hydrogen) atoms. The Balaban J connectivity index is 1.94. The molecule has 0 aromatic heterocycles. The third-order valence-corrected chi connectivity index (χ3v) is 4.70. The maximum absolute atomic E-state index is 13.6. The van der Waals surface area contributed by atoms with Crippen molar-refractivity contribution in [1.82, 2.24) is 5.01 Å². The number of nitrogens with zero attached hydrogens (tertiary/aromatic N) is 2. The first kappa shape index (κ1) is 20.7. The van der Waals surface area contributed by atoms with Gasteiger partial charge in [0.1, 0.15) is 23.0 Å². The molecule has 1 heterocycles. The zero-order valence-corrected chi connectivity index (χ0v) is 16.6. The van der Waals surface area contributed by atoms with Crippen molar-refractivity contribution < 1.29 is 18.7 Å². The predicted molar refractivity (Wildman–Crippen MR) is 110 cm³/mol. The van der Waals surface area contributed by atoms with E-state index in [1.165, 1.54) is 24.3 Å². The van der Waals surface area contributed by atoms with Crippen molar-refractivity contribution in [3.63, 3.8) is 0 Å². The molecule has 0 aliphatic carbocycles. The van der Waals surface area contributed by atoms with Crippen molar-refractivity contribution in [3.05, 3.63) is 81.6 Å². The summed E-state index contributed by atoms with van der Waals surface area (Å²) in [7, 11) is 1.33. The first-order valence-electron chi connectivity index (χ1n) is 8.81. The van der Waals surface area contributed by atoms with Gasteiger partial charge in [-0.3, -0.25) is 4.79 Å². The molecule has 1 aliphatic rings. The van der Waals surface area contributed by atoms with Crippen molar-refractivity contribution in [1.29, 1.82) is 0 Å². The monoisotopic (exact) mass is 412 g/mol. The van der Waals surface area contributed by atoms with Crippen LogP contribution in [0.3, 0.4) is 0 Å². The molecule has 0 saturated heterocycles. The summed E-state index contributed by atoms with van der Waals surface area (Å²) >= 11 is 5.88. The SMILES string of the molecule is COC1C(=O)N(CC=Cc2ccc(Cl)cc2)N=C(c2ccc(F)c(C)c2)C1=C=O. The molecule has 0 saturated carbocycles. The fourth-order valence-corrected chi connectivity index (χ4v) is 3.05. The van der Waals surface area contributed by atoms with Gasteiger partial charge in [-0.05, 0) is 48.4 Å². The standard InChI is InChI=1S/C22H18ClFN2O3/c1-14-12-16(7-10-19(14)24)20-18(13-27)21(29-2)22(28)26(25-20)11-3-4-15-5-8-17(23)9-6-15/h3-10,12,21H,11H2,1-2H3. The Bertz CT molecular complexity index is 1040. The number of hydrogen-bond acceptors (Lipinski definition) is 4. The van der Waals surface area contributed by atoms with Gasteiger partial charge in [0, 0.05) is 17.7 Å². The smallest absolute Gasteiger partial charge is 0.277 e. The normalized spacial score (nSPS) is 16.9. The number of halogens is 2. The number of ether oxygens (including phenoxy) is 1. The number of hydrazone groups is 1. The van der Waals surface area contributed by atoms with Crippen LogP contribution in [-0.2, 0) is 14.3 Å². The highest BCUT2D eigenvalue weighted by Crippen LogP contribution is 2.23. The van der Waals surface area contributed by atoms with Gasteiger partial charge in [0.2, 0.25) is 0 Å². The summed E-state index contributed by atoms with van der Waals surface area (Å²) in [5.41, 5.74) is 2.03. The number of methoxy groups -OCH3 is 1. The molecule has 0 radical (unpaired) electrons. The van der Waals surface area contributed by atoms with Crippen molar-refractivity contribution in [3.8, 4) is 0 Å². The summed E-state index contributed by atoms with van der Waals surface area (Å²) in [6, 6.07) is 11.6. The second kappa shape index (κ2) is 8.97. The van der Waals surface area contributed by atoms with E-state index < -0.39 is 12.0 Å². The summed E-state index contributed by atoms with van der Waals surface area (Å²) in [5.74, 6) is 0.916. The van der Waals surface area contributed by atoms with E-state index >= 15 is 0 Å². The van der Waals surface area contributed by atoms with Crippen LogP contribution in [0.25, 0.3) is 6.08 Å². The van der Waals surface area contributed by atoms with Crippen LogP contribution < -0.4 is 0 Å². The van der Waals surface area contributed by atoms with E-state index in [2.05, 4.69) is 5.10 Å². The van der Waals surface area contributed by atoms with Crippen molar-refractivity contribution in [2.24, 2.45) is 5.10 Å². The van der Waals surface area contributed by atoms with Crippen LogP contribution in [0.4, 0.5) is 4.39 Å². The third-order valence-electron chi connectivity index (χ3n) is 4.45. The summed E-state index contributed by atoms with van der Waals surface area (Å²) in [4.78, 5) is 24.2. The number of carbonyl (C=O) groups is 1. The Hall–Kier alpha value is -3.05. The highest BCUT2D eigenvalue weighted by atomic mass is 35.5. The number of hydrogen-bond donors (Lipinski definition) is 0. The fourth-order valence-electron chi connectivity index (χ4n) is 2.93. The second-order valence-corrected chi connectivity index (χ2v) is 6.85. The van der Waals surface area contributed by atoms with Crippen LogP contribution in [0, 0.1) is 12.7 Å². The molecule has 0 N–H and O–H groups in total. The predicted octanol–water partition coefficient (Wildman–Crippen LogP) is 3.82. The van der Waals surface area contributed by atoms with E-state index in [9.17, 15) is 14.0 Å². The van der Waals surface area contributed by atoms with E-state index in [-0.39, 0.29) is 23.6 Å². The van der Waals surface area contributed by atoms with Crippen LogP contribution in [0.5, 0.6) is 0 Å². The lowest BCUT2D eigenvalue weighted by Crippen LogP contribution is -2.45. The van der Waals surface area contributed by atoms with Gasteiger partial charge in [-0.2, -0.15) is 5.10 Å². The average molecular weight is 413 g/mol. The Labute approximate surface area is 172 Å². The molecule has 5 nitrogen and oxygen atoms in total. The molecule has 1 amide bonds. The lowest BCUT2D eigenvalue weighted by Gasteiger charge is -2.28. The molecule has 0 spiro atoms. The van der Waals surface area contributed by atoms with Crippen LogP contribution in [0.15, 0.2) is 59.2 Å². The topological polar surface area (TPSA) is 59.0 Å². The number of carbonyl (C=O) groups excluding carboxylic acids is 2. The number of aryl methyl sites for hydroxylation is 1. The summed E-state index contributed by atoms with van der Waals surface area (Å²) in [5, 5.41) is 6.18. The van der Waals surface area contributed by atoms with Gasteiger partial charge in [-0.15, -0.1) is 0 Å². The van der Waals surface area contributed by atoms with Gasteiger partial charge in [0.05, 0.1) is 6.54 Å². The number of amides is 1. The van der Waals surface area contributed by atoms with Gasteiger partial charge in [-0.1, -0.05) is 35.9 Å². The quantitative estimate of drug-likeness (QED) is 0.701. The summed E-state index contributed by atoms with van der Waals surface area (Å²) in [6.07, 6.45) is 2.46. The Morgan fingerprint density at radius 1 is 1.28 bits per heavy atom. The number of benzene rings is 2.